The molecule has 0 saturated carbocycles. The SMILES string of the molecule is CC(C)(C)OC(=O)N[C@@H](Cc1ccccc1Cl)C(=O)Nc1ccc(-n2cc(CCCO)nn2)cc1. The van der Waals surface area contributed by atoms with Crippen LogP contribution in [0.25, 0.3) is 5.69 Å². The highest BCUT2D eigenvalue weighted by Gasteiger charge is 2.25. The first kappa shape index (κ1) is 26.2. The van der Waals surface area contributed by atoms with Gasteiger partial charge < -0.3 is 20.5 Å². The van der Waals surface area contributed by atoms with Gasteiger partial charge in [0, 0.05) is 23.7 Å². The number of hydrogen-bond donors (Lipinski definition) is 3. The third kappa shape index (κ3) is 8.08. The van der Waals surface area contributed by atoms with Gasteiger partial charge in [-0.2, -0.15) is 0 Å². The Bertz CT molecular complexity index is 1140. The number of rotatable bonds is 9. The third-order valence-corrected chi connectivity index (χ3v) is 5.29. The first-order valence-electron chi connectivity index (χ1n) is 11.3. The number of nitrogens with zero attached hydrogens (tertiary/aromatic N) is 3. The number of nitrogens with one attached hydrogen (secondary N) is 2. The fourth-order valence-electron chi connectivity index (χ4n) is 3.27. The van der Waals surface area contributed by atoms with Crippen LogP contribution in [-0.4, -0.2) is 50.4 Å². The number of carbonyl (C=O) groups is 2. The Morgan fingerprint density at radius 1 is 1.14 bits per heavy atom. The minimum Gasteiger partial charge on any atom is -0.444 e. The quantitative estimate of drug-likeness (QED) is 0.410. The lowest BCUT2D eigenvalue weighted by atomic mass is 10.0. The zero-order chi connectivity index (χ0) is 25.4. The molecule has 0 radical (unpaired) electrons. The maximum absolute atomic E-state index is 13.1. The minimum absolute atomic E-state index is 0.0987. The van der Waals surface area contributed by atoms with Crippen molar-refractivity contribution in [1.29, 1.82) is 0 Å². The molecule has 3 N–H and O–H groups in total. The Morgan fingerprint density at radius 2 is 1.86 bits per heavy atom. The molecule has 0 aliphatic heterocycles. The van der Waals surface area contributed by atoms with Crippen molar-refractivity contribution in [2.75, 3.05) is 11.9 Å². The summed E-state index contributed by atoms with van der Waals surface area (Å²) in [6.07, 6.45) is 2.56. The molecule has 0 aliphatic rings. The normalized spacial score (nSPS) is 12.1. The third-order valence-electron chi connectivity index (χ3n) is 4.92. The largest absolute Gasteiger partial charge is 0.444 e. The van der Waals surface area contributed by atoms with Gasteiger partial charge in [0.05, 0.1) is 17.6 Å². The van der Waals surface area contributed by atoms with E-state index in [0.717, 1.165) is 16.9 Å². The number of aliphatic hydroxyl groups excluding tert-OH is 1. The molecule has 0 unspecified atom stereocenters. The fraction of sp³-hybridized carbons (Fsp3) is 0.360. The maximum atomic E-state index is 13.1. The van der Waals surface area contributed by atoms with E-state index in [0.29, 0.717) is 23.6 Å². The number of anilines is 1. The van der Waals surface area contributed by atoms with Crippen LogP contribution in [0.2, 0.25) is 5.02 Å². The van der Waals surface area contributed by atoms with Gasteiger partial charge in [-0.25, -0.2) is 9.48 Å². The number of benzene rings is 2. The van der Waals surface area contributed by atoms with E-state index in [4.69, 9.17) is 21.4 Å². The van der Waals surface area contributed by atoms with Crippen LogP contribution < -0.4 is 10.6 Å². The van der Waals surface area contributed by atoms with Crippen molar-refractivity contribution in [2.24, 2.45) is 0 Å². The molecule has 0 saturated heterocycles. The molecule has 0 aliphatic carbocycles. The zero-order valence-corrected chi connectivity index (χ0v) is 20.7. The summed E-state index contributed by atoms with van der Waals surface area (Å²) in [6.45, 7) is 5.35. The van der Waals surface area contributed by atoms with Crippen molar-refractivity contribution in [2.45, 2.75) is 51.7 Å². The topological polar surface area (TPSA) is 118 Å². The number of aromatic nitrogens is 3. The number of aliphatic hydroxyl groups is 1. The van der Waals surface area contributed by atoms with Crippen LogP contribution in [-0.2, 0) is 22.4 Å². The van der Waals surface area contributed by atoms with E-state index < -0.39 is 23.6 Å². The molecule has 0 spiro atoms. The molecule has 2 aromatic carbocycles. The van der Waals surface area contributed by atoms with Gasteiger partial charge >= 0.3 is 6.09 Å². The second kappa shape index (κ2) is 11.8. The summed E-state index contributed by atoms with van der Waals surface area (Å²) in [5, 5.41) is 23.1. The lowest BCUT2D eigenvalue weighted by molar-refractivity contribution is -0.118. The molecule has 9 nitrogen and oxygen atoms in total. The monoisotopic (exact) mass is 499 g/mol. The van der Waals surface area contributed by atoms with E-state index in [9.17, 15) is 9.59 Å². The number of carbonyl (C=O) groups excluding carboxylic acids is 2. The molecule has 3 aromatic rings. The Hall–Kier alpha value is -3.43. The van der Waals surface area contributed by atoms with Gasteiger partial charge in [-0.05, 0) is 69.5 Å². The number of hydrogen-bond acceptors (Lipinski definition) is 6. The number of aryl methyl sites for hydroxylation is 1. The average molecular weight is 500 g/mol. The van der Waals surface area contributed by atoms with Crippen LogP contribution in [0.4, 0.5) is 10.5 Å². The highest BCUT2D eigenvalue weighted by molar-refractivity contribution is 6.31. The molecule has 0 bridgehead atoms. The lowest BCUT2D eigenvalue weighted by Gasteiger charge is -2.23. The van der Waals surface area contributed by atoms with Gasteiger partial charge in [0.1, 0.15) is 11.6 Å². The van der Waals surface area contributed by atoms with E-state index in [2.05, 4.69) is 20.9 Å². The van der Waals surface area contributed by atoms with Crippen molar-refractivity contribution >= 4 is 29.3 Å². The van der Waals surface area contributed by atoms with Crippen molar-refractivity contribution in [3.63, 3.8) is 0 Å². The lowest BCUT2D eigenvalue weighted by Crippen LogP contribution is -2.47. The molecular formula is C25H30ClN5O4. The molecule has 2 amide bonds. The van der Waals surface area contributed by atoms with E-state index in [1.807, 2.05) is 6.07 Å². The summed E-state index contributed by atoms with van der Waals surface area (Å²) in [5.41, 5.74) is 2.13. The molecule has 0 fully saturated rings. The van der Waals surface area contributed by atoms with Crippen molar-refractivity contribution in [1.82, 2.24) is 20.3 Å². The predicted molar refractivity (Wildman–Crippen MR) is 134 cm³/mol. The predicted octanol–water partition coefficient (Wildman–Crippen LogP) is 3.92. The van der Waals surface area contributed by atoms with Gasteiger partial charge in [-0.15, -0.1) is 5.10 Å². The Morgan fingerprint density at radius 3 is 2.51 bits per heavy atom. The van der Waals surface area contributed by atoms with Gasteiger partial charge in [0.15, 0.2) is 0 Å². The number of halogens is 1. The molecule has 35 heavy (non-hydrogen) atoms. The Balaban J connectivity index is 1.71. The highest BCUT2D eigenvalue weighted by atomic mass is 35.5. The molecule has 3 rings (SSSR count). The van der Waals surface area contributed by atoms with Crippen LogP contribution >= 0.6 is 11.6 Å². The van der Waals surface area contributed by atoms with Crippen molar-refractivity contribution in [3.8, 4) is 5.69 Å². The first-order valence-corrected chi connectivity index (χ1v) is 11.7. The van der Waals surface area contributed by atoms with Crippen LogP contribution in [0, 0.1) is 0 Å². The van der Waals surface area contributed by atoms with Gasteiger partial charge in [-0.3, -0.25) is 4.79 Å². The minimum atomic E-state index is -0.908. The summed E-state index contributed by atoms with van der Waals surface area (Å²) in [7, 11) is 0. The second-order valence-electron chi connectivity index (χ2n) is 9.01. The van der Waals surface area contributed by atoms with Gasteiger partial charge in [-0.1, -0.05) is 35.0 Å². The zero-order valence-electron chi connectivity index (χ0n) is 20.0. The summed E-state index contributed by atoms with van der Waals surface area (Å²) < 4.78 is 6.96. The average Bonchev–Trinajstić information content (AvgIpc) is 3.27. The molecular weight excluding hydrogens is 470 g/mol. The van der Waals surface area contributed by atoms with Crippen molar-refractivity contribution < 1.29 is 19.4 Å². The Kier molecular flexibility index (Phi) is 8.84. The van der Waals surface area contributed by atoms with Crippen LogP contribution in [0.1, 0.15) is 38.4 Å². The summed E-state index contributed by atoms with van der Waals surface area (Å²) >= 11 is 6.28. The van der Waals surface area contributed by atoms with E-state index >= 15 is 0 Å². The molecule has 186 valence electrons. The maximum Gasteiger partial charge on any atom is 0.408 e. The smallest absolute Gasteiger partial charge is 0.408 e. The number of amides is 2. The molecule has 1 heterocycles. The second-order valence-corrected chi connectivity index (χ2v) is 9.42. The van der Waals surface area contributed by atoms with E-state index in [1.54, 1.807) is 74.1 Å². The van der Waals surface area contributed by atoms with Crippen LogP contribution in [0.5, 0.6) is 0 Å². The summed E-state index contributed by atoms with van der Waals surface area (Å²) in [5.74, 6) is -0.407. The Labute approximate surface area is 209 Å². The van der Waals surface area contributed by atoms with Crippen LogP contribution in [0.3, 0.4) is 0 Å². The van der Waals surface area contributed by atoms with Crippen molar-refractivity contribution in [3.05, 3.63) is 71.0 Å². The molecule has 1 atom stereocenters. The highest BCUT2D eigenvalue weighted by Crippen LogP contribution is 2.19. The summed E-state index contributed by atoms with van der Waals surface area (Å²) in [4.78, 5) is 25.5. The van der Waals surface area contributed by atoms with E-state index in [1.165, 1.54) is 0 Å². The fourth-order valence-corrected chi connectivity index (χ4v) is 3.48. The van der Waals surface area contributed by atoms with Gasteiger partial charge in [0.2, 0.25) is 5.91 Å². The van der Waals surface area contributed by atoms with E-state index in [-0.39, 0.29) is 13.0 Å². The summed E-state index contributed by atoms with van der Waals surface area (Å²) in [6, 6.07) is 13.3. The molecule has 1 aromatic heterocycles. The first-order chi connectivity index (χ1) is 16.6. The standard InChI is InChI=1S/C25H30ClN5O4/c1-25(2,3)35-24(34)28-22(15-17-7-4-5-9-21(17)26)23(33)27-18-10-12-20(13-11-18)31-16-19(29-30-31)8-6-14-32/h4-5,7,9-13,16,22,32H,6,8,14-15H2,1-3H3,(H,27,33)(H,28,34)/t22-/m0/s1. The van der Waals surface area contributed by atoms with Crippen LogP contribution in [0.15, 0.2) is 54.7 Å². The van der Waals surface area contributed by atoms with Gasteiger partial charge in [0.25, 0.3) is 0 Å². The molecule has 10 heteroatoms. The number of ether oxygens (including phenoxy) is 1. The number of alkyl carbamates (subject to hydrolysis) is 1.